The van der Waals surface area contributed by atoms with Gasteiger partial charge in [-0.15, -0.1) is 16.7 Å². The van der Waals surface area contributed by atoms with Crippen LogP contribution >= 0.6 is 0 Å². The van der Waals surface area contributed by atoms with Crippen molar-refractivity contribution >= 4 is 74.3 Å². The summed E-state index contributed by atoms with van der Waals surface area (Å²) in [6.45, 7) is 13.5. The summed E-state index contributed by atoms with van der Waals surface area (Å²) in [7, 11) is 0. The Morgan fingerprint density at radius 3 is 2.15 bits per heavy atom. The standard InChI is InChI=1S/C34H36N4O6.Fe.Mg/c1-7-19-15(3)23-12-25-17(5)21(9-10-29(39)40)32(37-25)22(11-30(41)42)33-31(34(43)44)18(6)26(38-33)14-28-20(8-2)16(4)24(36-28)13-27(19)35-23;;/h7,12-14,17,21H,1,8-11H2,2-6H3,(H5,35,36,37,38,39,40,41,42,43,44);;/q;;+2/p-2/t17-,21-;;/m1../s1. The summed E-state index contributed by atoms with van der Waals surface area (Å²) < 4.78 is 0. The maximum absolute atomic E-state index is 12.7. The van der Waals surface area contributed by atoms with Crippen LogP contribution in [0.1, 0.15) is 103 Å². The van der Waals surface area contributed by atoms with Crippen molar-refractivity contribution in [3.8, 4) is 0 Å². The molecule has 10 nitrogen and oxygen atoms in total. The number of carboxylic acid groups (broad SMARTS) is 3. The third kappa shape index (κ3) is 6.57. The van der Waals surface area contributed by atoms with Crippen LogP contribution in [0.5, 0.6) is 0 Å². The number of aliphatic carboxylic acids is 3. The second-order valence-corrected chi connectivity index (χ2v) is 11.3. The predicted octanol–water partition coefficient (Wildman–Crippen LogP) is 5.29. The summed E-state index contributed by atoms with van der Waals surface area (Å²) >= 11 is 0. The third-order valence-electron chi connectivity index (χ3n) is 8.79. The summed E-state index contributed by atoms with van der Waals surface area (Å²) in [5, 5.41) is 29.8. The molecule has 2 atom stereocenters. The number of fused-ring (bicyclic) bond motifs is 8. The Morgan fingerprint density at radius 1 is 0.913 bits per heavy atom. The van der Waals surface area contributed by atoms with E-state index in [4.69, 9.17) is 19.9 Å². The largest absolute Gasteiger partial charge is 2.00 e. The fourth-order valence-corrected chi connectivity index (χ4v) is 6.37. The minimum absolute atomic E-state index is 0. The van der Waals surface area contributed by atoms with Gasteiger partial charge in [0, 0.05) is 29.1 Å². The number of hydrogen-bond donors (Lipinski definition) is 3. The van der Waals surface area contributed by atoms with Gasteiger partial charge >= 0.3 is 41.0 Å². The topological polar surface area (TPSA) is 166 Å². The van der Waals surface area contributed by atoms with E-state index in [-0.39, 0.29) is 75.7 Å². The van der Waals surface area contributed by atoms with Crippen LogP contribution in [0.4, 0.5) is 0 Å². The molecule has 0 saturated carbocycles. The third-order valence-corrected chi connectivity index (χ3v) is 8.79. The monoisotopic (exact) mass is 674 g/mol. The average Bonchev–Trinajstić information content (AvgIpc) is 3.63. The predicted molar refractivity (Wildman–Crippen MR) is 172 cm³/mol. The molecule has 0 spiro atoms. The average molecular weight is 675 g/mol. The van der Waals surface area contributed by atoms with E-state index in [2.05, 4.69) is 6.58 Å². The first-order valence-corrected chi connectivity index (χ1v) is 14.5. The summed E-state index contributed by atoms with van der Waals surface area (Å²) in [5.41, 5.74) is 8.16. The number of rotatable bonds is 8. The fraction of sp³-hybridized carbons (Fsp3) is 0.324. The van der Waals surface area contributed by atoms with Crippen LogP contribution in [0.3, 0.4) is 0 Å². The zero-order valence-corrected chi connectivity index (χ0v) is 28.9. The van der Waals surface area contributed by atoms with Gasteiger partial charge in [0.15, 0.2) is 0 Å². The van der Waals surface area contributed by atoms with E-state index in [1.165, 1.54) is 0 Å². The molecule has 5 rings (SSSR count). The molecule has 3 N–H and O–H groups in total. The van der Waals surface area contributed by atoms with Gasteiger partial charge < -0.3 is 25.3 Å². The van der Waals surface area contributed by atoms with Gasteiger partial charge in [0.25, 0.3) is 0 Å². The zero-order valence-electron chi connectivity index (χ0n) is 26.4. The Morgan fingerprint density at radius 2 is 1.57 bits per heavy atom. The van der Waals surface area contributed by atoms with Crippen molar-refractivity contribution in [2.75, 3.05) is 0 Å². The van der Waals surface area contributed by atoms with Gasteiger partial charge in [-0.1, -0.05) is 55.8 Å². The molecule has 2 aromatic rings. The first kappa shape index (κ1) is 36.8. The van der Waals surface area contributed by atoms with Gasteiger partial charge in [-0.25, -0.2) is 14.8 Å². The smallest absolute Gasteiger partial charge is 0.664 e. The van der Waals surface area contributed by atoms with Gasteiger partial charge in [0.05, 0.1) is 34.8 Å². The maximum Gasteiger partial charge on any atom is 2.00 e. The van der Waals surface area contributed by atoms with E-state index >= 15 is 0 Å². The molecular formula is C34H34FeMgN4O6. The number of carboxylic acids is 3. The Kier molecular flexibility index (Phi) is 11.5. The van der Waals surface area contributed by atoms with E-state index in [1.807, 2.05) is 39.8 Å². The van der Waals surface area contributed by atoms with Crippen molar-refractivity contribution < 1.29 is 46.8 Å². The van der Waals surface area contributed by atoms with Crippen LogP contribution in [0.15, 0.2) is 30.9 Å². The van der Waals surface area contributed by atoms with Crippen molar-refractivity contribution in [1.29, 1.82) is 0 Å². The van der Waals surface area contributed by atoms with Crippen molar-refractivity contribution in [3.63, 3.8) is 0 Å². The summed E-state index contributed by atoms with van der Waals surface area (Å²) in [6.07, 6.45) is 1.90. The molecular weight excluding hydrogens is 641 g/mol. The molecule has 0 amide bonds. The first-order chi connectivity index (χ1) is 20.9. The molecule has 12 heteroatoms. The van der Waals surface area contributed by atoms with Crippen LogP contribution < -0.4 is 9.97 Å². The number of carbonyl (C=O) groups is 3. The fourth-order valence-electron chi connectivity index (χ4n) is 6.37. The molecule has 0 aromatic carbocycles. The summed E-state index contributed by atoms with van der Waals surface area (Å²) in [6, 6.07) is 5.50. The quantitative estimate of drug-likeness (QED) is 0.313. The molecule has 236 valence electrons. The molecule has 3 aliphatic heterocycles. The van der Waals surface area contributed by atoms with Gasteiger partial charge in [-0.2, -0.15) is 5.69 Å². The SMILES string of the molecule is C=CC1=C(C)c2cc3[n-]c(c(CC(=O)O)c4nc(cc5[n-]c(cc1n2)c(C)c5CC)C(C)=C4C(=O)O)[C@H](CCC(=O)O)[C@H]3C.[Fe].[Mg+2]. The molecule has 3 aliphatic rings. The number of nitrogens with zero attached hydrogens (tertiary/aromatic N) is 4. The van der Waals surface area contributed by atoms with Gasteiger partial charge in [0.1, 0.15) is 0 Å². The molecule has 46 heavy (non-hydrogen) atoms. The molecule has 8 bridgehead atoms. The normalized spacial score (nSPS) is 16.4. The minimum atomic E-state index is -1.24. The second kappa shape index (κ2) is 14.4. The van der Waals surface area contributed by atoms with Crippen molar-refractivity contribution in [1.82, 2.24) is 19.9 Å². The molecule has 0 saturated heterocycles. The van der Waals surface area contributed by atoms with E-state index in [0.29, 0.717) is 46.0 Å². The van der Waals surface area contributed by atoms with E-state index in [1.54, 1.807) is 19.1 Å². The van der Waals surface area contributed by atoms with Gasteiger partial charge in [0.2, 0.25) is 0 Å². The Labute approximate surface area is 293 Å². The van der Waals surface area contributed by atoms with Crippen molar-refractivity contribution in [3.05, 3.63) is 81.7 Å². The Hall–Kier alpha value is -3.70. The van der Waals surface area contributed by atoms with Crippen LogP contribution in [0.25, 0.3) is 33.3 Å². The number of aromatic nitrogens is 4. The van der Waals surface area contributed by atoms with Crippen LogP contribution in [-0.4, -0.2) is 66.2 Å². The van der Waals surface area contributed by atoms with E-state index in [0.717, 1.165) is 27.8 Å². The number of allylic oxidation sites excluding steroid dienone is 4. The van der Waals surface area contributed by atoms with Gasteiger partial charge in [-0.3, -0.25) is 9.59 Å². The summed E-state index contributed by atoms with van der Waals surface area (Å²) in [5.74, 6) is -4.21. The Balaban J connectivity index is 0.00000288. The minimum Gasteiger partial charge on any atom is -0.664 e. The Bertz CT molecular complexity index is 1900. The second-order valence-electron chi connectivity index (χ2n) is 11.3. The van der Waals surface area contributed by atoms with Crippen LogP contribution in [0, 0.1) is 6.92 Å². The first-order valence-electron chi connectivity index (χ1n) is 14.5. The van der Waals surface area contributed by atoms with Crippen molar-refractivity contribution in [2.24, 2.45) is 0 Å². The zero-order chi connectivity index (χ0) is 32.0. The summed E-state index contributed by atoms with van der Waals surface area (Å²) in [4.78, 5) is 56.0. The van der Waals surface area contributed by atoms with E-state index in [9.17, 15) is 29.7 Å². The maximum atomic E-state index is 12.7. The van der Waals surface area contributed by atoms with E-state index < -0.39 is 30.2 Å². The number of hydrogen-bond acceptors (Lipinski definition) is 5. The molecule has 0 aliphatic carbocycles. The number of aryl methyl sites for hydroxylation is 2. The molecule has 0 fully saturated rings. The molecule has 2 aromatic heterocycles. The van der Waals surface area contributed by atoms with Crippen molar-refractivity contribution in [2.45, 2.75) is 72.1 Å². The van der Waals surface area contributed by atoms with Crippen LogP contribution in [0.2, 0.25) is 0 Å². The van der Waals surface area contributed by atoms with Crippen LogP contribution in [-0.2, 0) is 44.3 Å². The molecule has 0 radical (unpaired) electrons. The molecule has 0 unspecified atom stereocenters. The van der Waals surface area contributed by atoms with Gasteiger partial charge in [-0.05, 0) is 62.2 Å². The molecule has 5 heterocycles.